The van der Waals surface area contributed by atoms with Crippen LogP contribution in [0.3, 0.4) is 0 Å². The van der Waals surface area contributed by atoms with Crippen LogP contribution in [0.4, 0.5) is 0 Å². The molecule has 0 saturated heterocycles. The van der Waals surface area contributed by atoms with Gasteiger partial charge in [-0.15, -0.1) is 0 Å². The van der Waals surface area contributed by atoms with Crippen molar-refractivity contribution >= 4 is 0 Å². The fraction of sp³-hybridized carbons (Fsp3) is 0.500. The summed E-state index contributed by atoms with van der Waals surface area (Å²) in [5.74, 6) is 0.937. The van der Waals surface area contributed by atoms with E-state index in [0.717, 1.165) is 31.4 Å². The second-order valence-corrected chi connectivity index (χ2v) is 3.92. The van der Waals surface area contributed by atoms with Crippen LogP contribution in [0.2, 0.25) is 0 Å². The first-order chi connectivity index (χ1) is 6.84. The SMILES string of the molecule is [NH]C1CCCC(Oc2ccccc2)C1. The van der Waals surface area contributed by atoms with Gasteiger partial charge in [0.2, 0.25) is 0 Å². The Morgan fingerprint density at radius 3 is 2.64 bits per heavy atom. The zero-order valence-corrected chi connectivity index (χ0v) is 8.28. The minimum absolute atomic E-state index is 0.0810. The van der Waals surface area contributed by atoms with Crippen molar-refractivity contribution in [3.05, 3.63) is 30.3 Å². The maximum Gasteiger partial charge on any atom is 0.119 e. The summed E-state index contributed by atoms with van der Waals surface area (Å²) in [6.07, 6.45) is 4.41. The second-order valence-electron chi connectivity index (χ2n) is 3.92. The van der Waals surface area contributed by atoms with Gasteiger partial charge in [-0.3, -0.25) is 5.73 Å². The molecule has 2 atom stereocenters. The van der Waals surface area contributed by atoms with Crippen molar-refractivity contribution in [2.45, 2.75) is 37.8 Å². The lowest BCUT2D eigenvalue weighted by Gasteiger charge is -2.26. The minimum atomic E-state index is 0.0810. The molecule has 1 saturated carbocycles. The zero-order valence-electron chi connectivity index (χ0n) is 8.28. The maximum absolute atomic E-state index is 7.69. The summed E-state index contributed by atoms with van der Waals surface area (Å²) < 4.78 is 5.81. The highest BCUT2D eigenvalue weighted by Gasteiger charge is 2.20. The van der Waals surface area contributed by atoms with Gasteiger partial charge in [0.1, 0.15) is 11.9 Å². The van der Waals surface area contributed by atoms with Crippen LogP contribution in [0.15, 0.2) is 30.3 Å². The van der Waals surface area contributed by atoms with Crippen LogP contribution in [0, 0.1) is 0 Å². The van der Waals surface area contributed by atoms with Gasteiger partial charge in [-0.2, -0.15) is 0 Å². The summed E-state index contributed by atoms with van der Waals surface area (Å²) in [5, 5.41) is 0. The third-order valence-electron chi connectivity index (χ3n) is 2.67. The van der Waals surface area contributed by atoms with E-state index in [0.29, 0.717) is 0 Å². The number of hydrogen-bond donors (Lipinski definition) is 0. The first-order valence-electron chi connectivity index (χ1n) is 5.27. The zero-order chi connectivity index (χ0) is 9.80. The molecule has 1 aromatic rings. The highest BCUT2D eigenvalue weighted by molar-refractivity contribution is 5.21. The lowest BCUT2D eigenvalue weighted by Crippen LogP contribution is -2.29. The smallest absolute Gasteiger partial charge is 0.119 e. The Hall–Kier alpha value is -1.02. The number of nitrogens with one attached hydrogen (secondary N) is 1. The van der Waals surface area contributed by atoms with Crippen LogP contribution in [-0.4, -0.2) is 12.1 Å². The second kappa shape index (κ2) is 4.47. The predicted octanol–water partition coefficient (Wildman–Crippen LogP) is 2.66. The Bertz CT molecular complexity index is 273. The number of ether oxygens (including phenoxy) is 1. The Labute approximate surface area is 85.1 Å². The summed E-state index contributed by atoms with van der Waals surface area (Å²) in [6.45, 7) is 0. The molecule has 2 unspecified atom stereocenters. The molecule has 0 amide bonds. The van der Waals surface area contributed by atoms with Crippen molar-refractivity contribution in [3.8, 4) is 5.75 Å². The summed E-state index contributed by atoms with van der Waals surface area (Å²) in [5.41, 5.74) is 7.69. The number of rotatable bonds is 2. The summed E-state index contributed by atoms with van der Waals surface area (Å²) in [4.78, 5) is 0. The molecule has 1 aliphatic carbocycles. The number of benzene rings is 1. The average Bonchev–Trinajstić information content (AvgIpc) is 2.19. The molecule has 14 heavy (non-hydrogen) atoms. The quantitative estimate of drug-likeness (QED) is 0.705. The third-order valence-corrected chi connectivity index (χ3v) is 2.67. The first kappa shape index (κ1) is 9.53. The highest BCUT2D eigenvalue weighted by atomic mass is 16.5. The molecular weight excluding hydrogens is 174 g/mol. The molecule has 0 bridgehead atoms. The molecule has 0 aromatic heterocycles. The molecule has 0 aliphatic heterocycles. The molecule has 1 fully saturated rings. The van der Waals surface area contributed by atoms with E-state index in [-0.39, 0.29) is 12.1 Å². The number of hydrogen-bond acceptors (Lipinski definition) is 1. The summed E-state index contributed by atoms with van der Waals surface area (Å²) >= 11 is 0. The van der Waals surface area contributed by atoms with Gasteiger partial charge in [0, 0.05) is 12.5 Å². The van der Waals surface area contributed by atoms with Crippen molar-refractivity contribution in [3.63, 3.8) is 0 Å². The van der Waals surface area contributed by atoms with Crippen LogP contribution >= 0.6 is 0 Å². The average molecular weight is 190 g/mol. The van der Waals surface area contributed by atoms with Crippen molar-refractivity contribution in [2.75, 3.05) is 0 Å². The van der Waals surface area contributed by atoms with Gasteiger partial charge in [0.25, 0.3) is 0 Å². The maximum atomic E-state index is 7.69. The van der Waals surface area contributed by atoms with E-state index < -0.39 is 0 Å². The van der Waals surface area contributed by atoms with Crippen LogP contribution in [-0.2, 0) is 0 Å². The van der Waals surface area contributed by atoms with Crippen LogP contribution in [0.5, 0.6) is 5.75 Å². The molecule has 1 radical (unpaired) electrons. The van der Waals surface area contributed by atoms with E-state index in [4.69, 9.17) is 10.5 Å². The Morgan fingerprint density at radius 2 is 1.93 bits per heavy atom. The van der Waals surface area contributed by atoms with E-state index >= 15 is 0 Å². The standard InChI is InChI=1S/C12H16NO/c13-10-5-4-8-12(9-10)14-11-6-2-1-3-7-11/h1-3,6-7,10,12-13H,4-5,8-9H2. The molecule has 2 rings (SSSR count). The van der Waals surface area contributed by atoms with Crippen LogP contribution in [0.25, 0.3) is 0 Å². The number of para-hydroxylation sites is 1. The van der Waals surface area contributed by atoms with Gasteiger partial charge in [-0.05, 0) is 31.4 Å². The molecule has 1 aliphatic rings. The normalized spacial score (nSPS) is 27.2. The van der Waals surface area contributed by atoms with Crippen molar-refractivity contribution in [1.82, 2.24) is 5.73 Å². The van der Waals surface area contributed by atoms with Gasteiger partial charge in [-0.25, -0.2) is 0 Å². The first-order valence-corrected chi connectivity index (χ1v) is 5.27. The van der Waals surface area contributed by atoms with Crippen molar-refractivity contribution < 1.29 is 4.74 Å². The molecular formula is C12H16NO. The molecule has 2 heteroatoms. The Balaban J connectivity index is 1.91. The Kier molecular flexibility index (Phi) is 3.04. The van der Waals surface area contributed by atoms with Crippen molar-refractivity contribution in [2.24, 2.45) is 0 Å². The lowest BCUT2D eigenvalue weighted by atomic mass is 9.93. The van der Waals surface area contributed by atoms with Crippen molar-refractivity contribution in [1.29, 1.82) is 0 Å². The summed E-state index contributed by atoms with van der Waals surface area (Å²) in [6, 6.07) is 9.99. The van der Waals surface area contributed by atoms with Gasteiger partial charge in [-0.1, -0.05) is 18.2 Å². The van der Waals surface area contributed by atoms with E-state index in [1.807, 2.05) is 30.3 Å². The largest absolute Gasteiger partial charge is 0.490 e. The van der Waals surface area contributed by atoms with E-state index in [1.165, 1.54) is 0 Å². The predicted molar refractivity (Wildman–Crippen MR) is 56.2 cm³/mol. The molecule has 1 aromatic carbocycles. The molecule has 0 spiro atoms. The van der Waals surface area contributed by atoms with Gasteiger partial charge >= 0.3 is 0 Å². The molecule has 0 heterocycles. The topological polar surface area (TPSA) is 33.0 Å². The fourth-order valence-electron chi connectivity index (χ4n) is 1.94. The lowest BCUT2D eigenvalue weighted by molar-refractivity contribution is 0.143. The van der Waals surface area contributed by atoms with Crippen LogP contribution < -0.4 is 10.5 Å². The minimum Gasteiger partial charge on any atom is -0.490 e. The molecule has 1 N–H and O–H groups in total. The van der Waals surface area contributed by atoms with Gasteiger partial charge < -0.3 is 4.74 Å². The monoisotopic (exact) mass is 190 g/mol. The van der Waals surface area contributed by atoms with Gasteiger partial charge in [0.05, 0.1) is 0 Å². The van der Waals surface area contributed by atoms with E-state index in [1.54, 1.807) is 0 Å². The third kappa shape index (κ3) is 2.48. The fourth-order valence-corrected chi connectivity index (χ4v) is 1.94. The van der Waals surface area contributed by atoms with Crippen LogP contribution in [0.1, 0.15) is 25.7 Å². The highest BCUT2D eigenvalue weighted by Crippen LogP contribution is 2.22. The van der Waals surface area contributed by atoms with E-state index in [9.17, 15) is 0 Å². The van der Waals surface area contributed by atoms with Gasteiger partial charge in [0.15, 0.2) is 0 Å². The molecule has 75 valence electrons. The summed E-state index contributed by atoms with van der Waals surface area (Å²) in [7, 11) is 0. The van der Waals surface area contributed by atoms with E-state index in [2.05, 4.69) is 0 Å². The molecule has 2 nitrogen and oxygen atoms in total. The Morgan fingerprint density at radius 1 is 1.14 bits per heavy atom.